The van der Waals surface area contributed by atoms with Gasteiger partial charge in [-0.1, -0.05) is 35.0 Å². The maximum atomic E-state index is 10.9. The zero-order chi connectivity index (χ0) is 11.3. The summed E-state index contributed by atoms with van der Waals surface area (Å²) in [6.45, 7) is 4.44. The van der Waals surface area contributed by atoms with Crippen LogP contribution in [0.2, 0.25) is 0 Å². The van der Waals surface area contributed by atoms with Gasteiger partial charge in [0.25, 0.3) is 0 Å². The highest BCUT2D eigenvalue weighted by Crippen LogP contribution is 2.30. The molecule has 2 nitrogen and oxygen atoms in total. The average Bonchev–Trinajstić information content (AvgIpc) is 2.28. The monoisotopic (exact) mass is 270 g/mol. The molecule has 0 heterocycles. The maximum Gasteiger partial charge on any atom is 0.127 e. The van der Waals surface area contributed by atoms with Crippen LogP contribution >= 0.6 is 15.9 Å². The van der Waals surface area contributed by atoms with Gasteiger partial charge in [0.1, 0.15) is 12.0 Å². The van der Waals surface area contributed by atoms with E-state index in [1.165, 1.54) is 0 Å². The highest BCUT2D eigenvalue weighted by Gasteiger charge is 2.14. The number of rotatable bonds is 5. The lowest BCUT2D eigenvalue weighted by Gasteiger charge is -2.15. The summed E-state index contributed by atoms with van der Waals surface area (Å²) in [5.74, 6) is 0.689. The van der Waals surface area contributed by atoms with Crippen LogP contribution in [0.1, 0.15) is 30.9 Å². The second kappa shape index (κ2) is 5.91. The lowest BCUT2D eigenvalue weighted by molar-refractivity contribution is -0.108. The largest absolute Gasteiger partial charge is 0.494 e. The number of halogens is 1. The average molecular weight is 271 g/mol. The molecule has 15 heavy (non-hydrogen) atoms. The third-order valence-electron chi connectivity index (χ3n) is 2.26. The Hall–Kier alpha value is -0.830. The molecule has 3 heteroatoms. The predicted molar refractivity (Wildman–Crippen MR) is 64.7 cm³/mol. The lowest BCUT2D eigenvalue weighted by atomic mass is 9.96. The van der Waals surface area contributed by atoms with E-state index in [0.717, 1.165) is 28.5 Å². The second-order valence-electron chi connectivity index (χ2n) is 3.32. The molecule has 0 bridgehead atoms. The van der Waals surface area contributed by atoms with Crippen LogP contribution in [0, 0.1) is 0 Å². The molecule has 0 spiro atoms. The highest BCUT2D eigenvalue weighted by atomic mass is 79.9. The van der Waals surface area contributed by atoms with Crippen LogP contribution in [0.4, 0.5) is 0 Å². The summed E-state index contributed by atoms with van der Waals surface area (Å²) in [6.07, 6.45) is 0.948. The van der Waals surface area contributed by atoms with Crippen molar-refractivity contribution in [1.82, 2.24) is 0 Å². The SMILES string of the molecule is CCOc1cccc(CBr)c1C(C)C=O. The van der Waals surface area contributed by atoms with Crippen molar-refractivity contribution in [2.45, 2.75) is 25.1 Å². The van der Waals surface area contributed by atoms with E-state index in [2.05, 4.69) is 15.9 Å². The molecule has 82 valence electrons. The van der Waals surface area contributed by atoms with Gasteiger partial charge in [-0.2, -0.15) is 0 Å². The Bertz CT molecular complexity index is 336. The molecule has 0 N–H and O–H groups in total. The molecular formula is C12H15BrO2. The number of ether oxygens (including phenoxy) is 1. The predicted octanol–water partition coefficient (Wildman–Crippen LogP) is 3.28. The van der Waals surface area contributed by atoms with Crippen molar-refractivity contribution >= 4 is 22.2 Å². The Kier molecular flexibility index (Phi) is 4.82. The van der Waals surface area contributed by atoms with Gasteiger partial charge in [0, 0.05) is 16.8 Å². The zero-order valence-corrected chi connectivity index (χ0v) is 10.6. The van der Waals surface area contributed by atoms with Gasteiger partial charge >= 0.3 is 0 Å². The third-order valence-corrected chi connectivity index (χ3v) is 2.86. The second-order valence-corrected chi connectivity index (χ2v) is 3.88. The Labute approximate surface area is 98.8 Å². The summed E-state index contributed by atoms with van der Waals surface area (Å²) in [6, 6.07) is 5.86. The van der Waals surface area contributed by atoms with Gasteiger partial charge < -0.3 is 9.53 Å². The molecule has 0 amide bonds. The first-order valence-electron chi connectivity index (χ1n) is 5.00. The topological polar surface area (TPSA) is 26.3 Å². The fourth-order valence-corrected chi connectivity index (χ4v) is 2.06. The quantitative estimate of drug-likeness (QED) is 0.606. The summed E-state index contributed by atoms with van der Waals surface area (Å²) in [5.41, 5.74) is 2.10. The van der Waals surface area contributed by atoms with E-state index in [1.54, 1.807) is 0 Å². The molecule has 0 saturated carbocycles. The number of carbonyl (C=O) groups is 1. The highest BCUT2D eigenvalue weighted by molar-refractivity contribution is 9.08. The molecule has 1 aromatic carbocycles. The van der Waals surface area contributed by atoms with Gasteiger partial charge in [-0.05, 0) is 18.6 Å². The molecule has 0 radical (unpaired) electrons. The van der Waals surface area contributed by atoms with E-state index in [9.17, 15) is 4.79 Å². The van der Waals surface area contributed by atoms with Gasteiger partial charge in [-0.25, -0.2) is 0 Å². The van der Waals surface area contributed by atoms with Gasteiger partial charge in [-0.15, -0.1) is 0 Å². The fourth-order valence-electron chi connectivity index (χ4n) is 1.57. The summed E-state index contributed by atoms with van der Waals surface area (Å²) in [5, 5.41) is 0.738. The smallest absolute Gasteiger partial charge is 0.127 e. The van der Waals surface area contributed by atoms with Crippen molar-refractivity contribution in [3.63, 3.8) is 0 Å². The Morgan fingerprint density at radius 1 is 1.53 bits per heavy atom. The lowest BCUT2D eigenvalue weighted by Crippen LogP contribution is -2.04. The molecule has 1 rings (SSSR count). The van der Waals surface area contributed by atoms with E-state index in [0.29, 0.717) is 6.61 Å². The molecular weight excluding hydrogens is 256 g/mol. The van der Waals surface area contributed by atoms with E-state index >= 15 is 0 Å². The van der Waals surface area contributed by atoms with E-state index in [-0.39, 0.29) is 5.92 Å². The Morgan fingerprint density at radius 3 is 2.80 bits per heavy atom. The number of aldehydes is 1. The van der Waals surface area contributed by atoms with Crippen LogP contribution < -0.4 is 4.74 Å². The summed E-state index contributed by atoms with van der Waals surface area (Å²) in [7, 11) is 0. The summed E-state index contributed by atoms with van der Waals surface area (Å²) in [4.78, 5) is 10.9. The molecule has 1 unspecified atom stereocenters. The number of hydrogen-bond donors (Lipinski definition) is 0. The van der Waals surface area contributed by atoms with Crippen LogP contribution in [-0.2, 0) is 10.1 Å². The number of alkyl halides is 1. The zero-order valence-electron chi connectivity index (χ0n) is 9.00. The van der Waals surface area contributed by atoms with Crippen molar-refractivity contribution < 1.29 is 9.53 Å². The number of hydrogen-bond acceptors (Lipinski definition) is 2. The van der Waals surface area contributed by atoms with Crippen LogP contribution in [0.3, 0.4) is 0 Å². The van der Waals surface area contributed by atoms with Crippen molar-refractivity contribution in [3.05, 3.63) is 29.3 Å². The van der Waals surface area contributed by atoms with Crippen molar-refractivity contribution in [1.29, 1.82) is 0 Å². The minimum Gasteiger partial charge on any atom is -0.494 e. The van der Waals surface area contributed by atoms with Crippen LogP contribution in [0.15, 0.2) is 18.2 Å². The van der Waals surface area contributed by atoms with Crippen LogP contribution in [0.5, 0.6) is 5.75 Å². The minimum atomic E-state index is -0.125. The van der Waals surface area contributed by atoms with Crippen molar-refractivity contribution in [2.75, 3.05) is 6.61 Å². The van der Waals surface area contributed by atoms with Gasteiger partial charge in [0.05, 0.1) is 6.61 Å². The van der Waals surface area contributed by atoms with Gasteiger partial charge in [0.2, 0.25) is 0 Å². The molecule has 0 aliphatic rings. The molecule has 0 aliphatic carbocycles. The molecule has 0 aliphatic heterocycles. The Morgan fingerprint density at radius 2 is 2.27 bits per heavy atom. The fraction of sp³-hybridized carbons (Fsp3) is 0.417. The van der Waals surface area contributed by atoms with Crippen molar-refractivity contribution in [2.24, 2.45) is 0 Å². The minimum absolute atomic E-state index is 0.125. The third kappa shape index (κ3) is 2.81. The Balaban J connectivity index is 3.19. The number of carbonyl (C=O) groups excluding carboxylic acids is 1. The van der Waals surface area contributed by atoms with Crippen LogP contribution in [-0.4, -0.2) is 12.9 Å². The van der Waals surface area contributed by atoms with Gasteiger partial charge in [-0.3, -0.25) is 0 Å². The van der Waals surface area contributed by atoms with E-state index in [1.807, 2.05) is 32.0 Å². The van der Waals surface area contributed by atoms with E-state index in [4.69, 9.17) is 4.74 Å². The summed E-state index contributed by atoms with van der Waals surface area (Å²) < 4.78 is 5.52. The normalized spacial score (nSPS) is 12.2. The first kappa shape index (κ1) is 12.2. The molecule has 1 aromatic rings. The van der Waals surface area contributed by atoms with Crippen LogP contribution in [0.25, 0.3) is 0 Å². The summed E-state index contributed by atoms with van der Waals surface area (Å²) >= 11 is 3.42. The molecule has 0 saturated heterocycles. The standard InChI is InChI=1S/C12H15BrO2/c1-3-15-11-6-4-5-10(7-13)12(11)9(2)8-14/h4-6,8-9H,3,7H2,1-2H3. The molecule has 0 aromatic heterocycles. The molecule has 1 atom stereocenters. The first-order chi connectivity index (χ1) is 7.24. The maximum absolute atomic E-state index is 10.9. The van der Waals surface area contributed by atoms with Gasteiger partial charge in [0.15, 0.2) is 0 Å². The number of benzene rings is 1. The first-order valence-corrected chi connectivity index (χ1v) is 6.12. The van der Waals surface area contributed by atoms with Crippen molar-refractivity contribution in [3.8, 4) is 5.75 Å². The molecule has 0 fully saturated rings. The van der Waals surface area contributed by atoms with E-state index < -0.39 is 0 Å².